The molecule has 0 fully saturated rings. The molecule has 1 heterocycles. The lowest BCUT2D eigenvalue weighted by Gasteiger charge is -2.11. The van der Waals surface area contributed by atoms with Gasteiger partial charge in [-0.15, -0.1) is 0 Å². The summed E-state index contributed by atoms with van der Waals surface area (Å²) in [5, 5.41) is 14.4. The first-order valence-corrected chi connectivity index (χ1v) is 6.74. The fourth-order valence-electron chi connectivity index (χ4n) is 2.25. The van der Waals surface area contributed by atoms with Gasteiger partial charge >= 0.3 is 0 Å². The predicted octanol–water partition coefficient (Wildman–Crippen LogP) is 3.26. The van der Waals surface area contributed by atoms with Crippen molar-refractivity contribution in [2.45, 2.75) is 12.6 Å². The van der Waals surface area contributed by atoms with E-state index in [1.807, 2.05) is 60.7 Å². The molecule has 0 saturated heterocycles. The number of furan rings is 1. The van der Waals surface area contributed by atoms with Crippen molar-refractivity contribution in [1.29, 1.82) is 0 Å². The molecule has 102 valence electrons. The highest BCUT2D eigenvalue weighted by molar-refractivity contribution is 5.77. The van der Waals surface area contributed by atoms with Crippen molar-refractivity contribution in [3.05, 3.63) is 72.0 Å². The van der Waals surface area contributed by atoms with Crippen LogP contribution in [0, 0.1) is 0 Å². The number of nitrogens with one attached hydrogen (secondary N) is 1. The summed E-state index contributed by atoms with van der Waals surface area (Å²) in [6, 6.07) is 19.6. The van der Waals surface area contributed by atoms with Gasteiger partial charge in [-0.1, -0.05) is 48.5 Å². The minimum atomic E-state index is -0.499. The van der Waals surface area contributed by atoms with Gasteiger partial charge in [0.1, 0.15) is 11.3 Å². The highest BCUT2D eigenvalue weighted by atomic mass is 16.3. The number of fused-ring (bicyclic) bond motifs is 1. The third kappa shape index (κ3) is 2.90. The van der Waals surface area contributed by atoms with E-state index in [0.717, 1.165) is 22.3 Å². The first kappa shape index (κ1) is 12.9. The molecule has 0 radical (unpaired) electrons. The van der Waals surface area contributed by atoms with Gasteiger partial charge in [-0.25, -0.2) is 0 Å². The van der Waals surface area contributed by atoms with Crippen LogP contribution in [-0.2, 0) is 6.54 Å². The van der Waals surface area contributed by atoms with Gasteiger partial charge in [0, 0.05) is 11.9 Å². The van der Waals surface area contributed by atoms with Gasteiger partial charge in [-0.3, -0.25) is 0 Å². The van der Waals surface area contributed by atoms with Crippen molar-refractivity contribution in [2.24, 2.45) is 0 Å². The fourth-order valence-corrected chi connectivity index (χ4v) is 2.25. The first-order valence-electron chi connectivity index (χ1n) is 6.74. The number of para-hydroxylation sites is 1. The quantitative estimate of drug-likeness (QED) is 0.746. The van der Waals surface area contributed by atoms with Crippen LogP contribution in [0.4, 0.5) is 0 Å². The Kier molecular flexibility index (Phi) is 3.81. The smallest absolute Gasteiger partial charge is 0.134 e. The van der Waals surface area contributed by atoms with E-state index in [1.54, 1.807) is 0 Å². The summed E-state index contributed by atoms with van der Waals surface area (Å²) < 4.78 is 5.71. The van der Waals surface area contributed by atoms with Crippen molar-refractivity contribution in [2.75, 3.05) is 6.54 Å². The summed E-state index contributed by atoms with van der Waals surface area (Å²) in [7, 11) is 0. The average molecular weight is 267 g/mol. The topological polar surface area (TPSA) is 45.4 Å². The van der Waals surface area contributed by atoms with Crippen LogP contribution in [0.3, 0.4) is 0 Å². The Morgan fingerprint density at radius 2 is 1.75 bits per heavy atom. The van der Waals surface area contributed by atoms with Gasteiger partial charge in [-0.2, -0.15) is 0 Å². The van der Waals surface area contributed by atoms with E-state index >= 15 is 0 Å². The van der Waals surface area contributed by atoms with E-state index in [4.69, 9.17) is 4.42 Å². The zero-order valence-electron chi connectivity index (χ0n) is 11.1. The van der Waals surface area contributed by atoms with Gasteiger partial charge in [-0.05, 0) is 17.7 Å². The number of hydrogen-bond acceptors (Lipinski definition) is 3. The van der Waals surface area contributed by atoms with Crippen LogP contribution in [0.25, 0.3) is 11.0 Å². The van der Waals surface area contributed by atoms with Crippen molar-refractivity contribution in [3.8, 4) is 0 Å². The Morgan fingerprint density at radius 1 is 1.00 bits per heavy atom. The lowest BCUT2D eigenvalue weighted by atomic mass is 10.1. The molecular formula is C17H17NO2. The first-order chi connectivity index (χ1) is 9.83. The molecule has 0 spiro atoms. The van der Waals surface area contributed by atoms with Crippen LogP contribution < -0.4 is 5.32 Å². The number of aliphatic hydroxyl groups is 1. The van der Waals surface area contributed by atoms with E-state index in [2.05, 4.69) is 5.32 Å². The zero-order chi connectivity index (χ0) is 13.8. The standard InChI is InChI=1S/C17H17NO2/c19-16(13-6-2-1-3-7-13)12-18-11-15-10-14-8-4-5-9-17(14)20-15/h1-10,16,18-19H,11-12H2. The van der Waals surface area contributed by atoms with Crippen LogP contribution in [0.2, 0.25) is 0 Å². The number of rotatable bonds is 5. The van der Waals surface area contributed by atoms with Crippen LogP contribution in [0.1, 0.15) is 17.4 Å². The molecule has 0 bridgehead atoms. The van der Waals surface area contributed by atoms with Crippen LogP contribution in [0.5, 0.6) is 0 Å². The third-order valence-electron chi connectivity index (χ3n) is 3.30. The molecule has 0 amide bonds. The Balaban J connectivity index is 1.57. The summed E-state index contributed by atoms with van der Waals surface area (Å²) in [4.78, 5) is 0. The molecule has 3 nitrogen and oxygen atoms in total. The molecule has 1 unspecified atom stereocenters. The molecule has 1 aromatic heterocycles. The maximum absolute atomic E-state index is 10.0. The molecule has 2 N–H and O–H groups in total. The molecule has 0 saturated carbocycles. The second-order valence-electron chi connectivity index (χ2n) is 4.81. The van der Waals surface area contributed by atoms with E-state index in [0.29, 0.717) is 13.1 Å². The normalized spacial score (nSPS) is 12.7. The number of aliphatic hydroxyl groups excluding tert-OH is 1. The molecular weight excluding hydrogens is 250 g/mol. The number of benzene rings is 2. The molecule has 1 atom stereocenters. The monoisotopic (exact) mass is 267 g/mol. The molecule has 3 heteroatoms. The van der Waals surface area contributed by atoms with Crippen molar-refractivity contribution in [3.63, 3.8) is 0 Å². The SMILES string of the molecule is OC(CNCc1cc2ccccc2o1)c1ccccc1. The van der Waals surface area contributed by atoms with Gasteiger partial charge in [0.15, 0.2) is 0 Å². The third-order valence-corrected chi connectivity index (χ3v) is 3.30. The maximum Gasteiger partial charge on any atom is 0.134 e. The highest BCUT2D eigenvalue weighted by Gasteiger charge is 2.07. The second-order valence-corrected chi connectivity index (χ2v) is 4.81. The lowest BCUT2D eigenvalue weighted by molar-refractivity contribution is 0.173. The van der Waals surface area contributed by atoms with E-state index < -0.39 is 6.10 Å². The Morgan fingerprint density at radius 3 is 2.55 bits per heavy atom. The minimum Gasteiger partial charge on any atom is -0.460 e. The van der Waals surface area contributed by atoms with E-state index in [9.17, 15) is 5.11 Å². The fraction of sp³-hybridized carbons (Fsp3) is 0.176. The summed E-state index contributed by atoms with van der Waals surface area (Å²) in [5.41, 5.74) is 1.82. The Bertz CT molecular complexity index is 643. The summed E-state index contributed by atoms with van der Waals surface area (Å²) >= 11 is 0. The minimum absolute atomic E-state index is 0.499. The van der Waals surface area contributed by atoms with Crippen LogP contribution in [-0.4, -0.2) is 11.7 Å². The summed E-state index contributed by atoms with van der Waals surface area (Å²) in [6.07, 6.45) is -0.499. The molecule has 3 rings (SSSR count). The molecule has 3 aromatic rings. The van der Waals surface area contributed by atoms with Gasteiger partial charge < -0.3 is 14.8 Å². The predicted molar refractivity (Wildman–Crippen MR) is 79.3 cm³/mol. The molecule has 0 aliphatic rings. The van der Waals surface area contributed by atoms with Crippen molar-refractivity contribution in [1.82, 2.24) is 5.32 Å². The van der Waals surface area contributed by atoms with Gasteiger partial charge in [0.2, 0.25) is 0 Å². The van der Waals surface area contributed by atoms with Crippen molar-refractivity contribution >= 4 is 11.0 Å². The summed E-state index contributed by atoms with van der Waals surface area (Å²) in [6.45, 7) is 1.11. The lowest BCUT2D eigenvalue weighted by Crippen LogP contribution is -2.20. The maximum atomic E-state index is 10.0. The molecule has 0 aliphatic carbocycles. The Labute approximate surface area is 117 Å². The Hall–Kier alpha value is -2.10. The number of hydrogen-bond donors (Lipinski definition) is 2. The summed E-state index contributed by atoms with van der Waals surface area (Å²) in [5.74, 6) is 0.881. The average Bonchev–Trinajstić information content (AvgIpc) is 2.90. The highest BCUT2D eigenvalue weighted by Crippen LogP contribution is 2.18. The van der Waals surface area contributed by atoms with E-state index in [-0.39, 0.29) is 0 Å². The van der Waals surface area contributed by atoms with Gasteiger partial charge in [0.05, 0.1) is 12.6 Å². The van der Waals surface area contributed by atoms with Crippen molar-refractivity contribution < 1.29 is 9.52 Å². The van der Waals surface area contributed by atoms with Gasteiger partial charge in [0.25, 0.3) is 0 Å². The molecule has 20 heavy (non-hydrogen) atoms. The largest absolute Gasteiger partial charge is 0.460 e. The second kappa shape index (κ2) is 5.90. The van der Waals surface area contributed by atoms with Crippen LogP contribution >= 0.6 is 0 Å². The van der Waals surface area contributed by atoms with Crippen LogP contribution in [0.15, 0.2) is 65.1 Å². The van der Waals surface area contributed by atoms with E-state index in [1.165, 1.54) is 0 Å². The molecule has 0 aliphatic heterocycles. The molecule has 2 aromatic carbocycles. The zero-order valence-corrected chi connectivity index (χ0v) is 11.1.